The van der Waals surface area contributed by atoms with Crippen LogP contribution in [0.15, 0.2) is 24.3 Å². The first-order valence-electron chi connectivity index (χ1n) is 5.53. The number of aromatic nitrogens is 1. The van der Waals surface area contributed by atoms with E-state index in [4.69, 9.17) is 11.6 Å². The Kier molecular flexibility index (Phi) is 2.21. The molecular weight excluding hydrogens is 206 g/mol. The molecule has 1 heterocycles. The Hall–Kier alpha value is -0.950. The highest BCUT2D eigenvalue weighted by Gasteiger charge is 2.21. The normalized spacial score (nSPS) is 20.5. The van der Waals surface area contributed by atoms with Crippen LogP contribution in [0.2, 0.25) is 0 Å². The number of aromatic amines is 1. The topological polar surface area (TPSA) is 15.8 Å². The number of alkyl halides is 1. The quantitative estimate of drug-likeness (QED) is 0.707. The fourth-order valence-corrected chi connectivity index (χ4v) is 2.84. The number of hydrogen-bond donors (Lipinski definition) is 1. The standard InChI is InChI=1S/C13H14ClN/c14-8-9-5-6-13-11(7-9)10-3-1-2-4-12(10)15-13/h1-4,9,15H,5-8H2. The highest BCUT2D eigenvalue weighted by Crippen LogP contribution is 2.31. The van der Waals surface area contributed by atoms with Crippen molar-refractivity contribution in [2.24, 2.45) is 5.92 Å². The molecule has 0 spiro atoms. The molecule has 2 aromatic rings. The molecule has 0 saturated heterocycles. The Labute approximate surface area is 94.4 Å². The number of halogens is 1. The van der Waals surface area contributed by atoms with Gasteiger partial charge in [0, 0.05) is 22.5 Å². The van der Waals surface area contributed by atoms with Crippen molar-refractivity contribution >= 4 is 22.5 Å². The van der Waals surface area contributed by atoms with Crippen molar-refractivity contribution in [3.63, 3.8) is 0 Å². The minimum absolute atomic E-state index is 0.665. The van der Waals surface area contributed by atoms with Gasteiger partial charge in [-0.05, 0) is 36.8 Å². The number of hydrogen-bond acceptors (Lipinski definition) is 0. The van der Waals surface area contributed by atoms with Crippen molar-refractivity contribution in [3.05, 3.63) is 35.5 Å². The third-order valence-electron chi connectivity index (χ3n) is 3.42. The van der Waals surface area contributed by atoms with E-state index in [0.29, 0.717) is 5.92 Å². The zero-order chi connectivity index (χ0) is 10.3. The Morgan fingerprint density at radius 2 is 2.20 bits per heavy atom. The first-order valence-corrected chi connectivity index (χ1v) is 6.06. The van der Waals surface area contributed by atoms with Gasteiger partial charge in [-0.15, -0.1) is 11.6 Å². The minimum atomic E-state index is 0.665. The molecule has 0 saturated carbocycles. The van der Waals surface area contributed by atoms with Gasteiger partial charge in [0.2, 0.25) is 0 Å². The summed E-state index contributed by atoms with van der Waals surface area (Å²) in [4.78, 5) is 3.52. The van der Waals surface area contributed by atoms with Gasteiger partial charge >= 0.3 is 0 Å². The summed E-state index contributed by atoms with van der Waals surface area (Å²) in [6, 6.07) is 8.56. The summed E-state index contributed by atoms with van der Waals surface area (Å²) >= 11 is 5.95. The zero-order valence-corrected chi connectivity index (χ0v) is 9.35. The largest absolute Gasteiger partial charge is 0.358 e. The number of para-hydroxylation sites is 1. The summed E-state index contributed by atoms with van der Waals surface area (Å²) in [5, 5.41) is 1.39. The van der Waals surface area contributed by atoms with E-state index in [1.807, 2.05) is 0 Å². The summed E-state index contributed by atoms with van der Waals surface area (Å²) in [6.45, 7) is 0. The molecule has 1 atom stereocenters. The number of H-pyrrole nitrogens is 1. The van der Waals surface area contributed by atoms with Crippen LogP contribution in [0.3, 0.4) is 0 Å². The summed E-state index contributed by atoms with van der Waals surface area (Å²) in [7, 11) is 0. The van der Waals surface area contributed by atoms with Gasteiger partial charge in [-0.2, -0.15) is 0 Å². The first-order chi connectivity index (χ1) is 7.38. The maximum absolute atomic E-state index is 5.95. The van der Waals surface area contributed by atoms with E-state index in [9.17, 15) is 0 Å². The van der Waals surface area contributed by atoms with E-state index in [1.165, 1.54) is 28.6 Å². The van der Waals surface area contributed by atoms with Crippen LogP contribution in [0.1, 0.15) is 17.7 Å². The molecule has 1 aliphatic rings. The van der Waals surface area contributed by atoms with Crippen LogP contribution in [-0.4, -0.2) is 10.9 Å². The Morgan fingerprint density at radius 3 is 3.07 bits per heavy atom. The van der Waals surface area contributed by atoms with Crippen LogP contribution < -0.4 is 0 Å². The molecule has 0 fully saturated rings. The zero-order valence-electron chi connectivity index (χ0n) is 8.59. The van der Waals surface area contributed by atoms with Gasteiger partial charge in [-0.25, -0.2) is 0 Å². The van der Waals surface area contributed by atoms with E-state index < -0.39 is 0 Å². The second-order valence-electron chi connectivity index (χ2n) is 4.39. The van der Waals surface area contributed by atoms with Gasteiger partial charge in [-0.1, -0.05) is 18.2 Å². The van der Waals surface area contributed by atoms with Gasteiger partial charge in [0.1, 0.15) is 0 Å². The monoisotopic (exact) mass is 219 g/mol. The fraction of sp³-hybridized carbons (Fsp3) is 0.385. The average molecular weight is 220 g/mol. The molecule has 0 radical (unpaired) electrons. The molecule has 1 unspecified atom stereocenters. The summed E-state index contributed by atoms with van der Waals surface area (Å²) < 4.78 is 0. The van der Waals surface area contributed by atoms with Crippen molar-refractivity contribution < 1.29 is 0 Å². The number of aryl methyl sites for hydroxylation is 1. The third-order valence-corrected chi connectivity index (χ3v) is 3.85. The highest BCUT2D eigenvalue weighted by molar-refractivity contribution is 6.18. The summed E-state index contributed by atoms with van der Waals surface area (Å²) in [5.41, 5.74) is 4.21. The van der Waals surface area contributed by atoms with Crippen LogP contribution >= 0.6 is 11.6 Å². The number of fused-ring (bicyclic) bond motifs is 3. The third kappa shape index (κ3) is 1.46. The van der Waals surface area contributed by atoms with Crippen molar-refractivity contribution in [1.29, 1.82) is 0 Å². The predicted octanol–water partition coefficient (Wildman–Crippen LogP) is 3.51. The lowest BCUT2D eigenvalue weighted by Crippen LogP contribution is -2.14. The molecule has 2 heteroatoms. The molecule has 0 aliphatic heterocycles. The molecular formula is C13H14ClN. The van der Waals surface area contributed by atoms with Gasteiger partial charge in [-0.3, -0.25) is 0 Å². The molecule has 1 nitrogen and oxygen atoms in total. The van der Waals surface area contributed by atoms with E-state index in [-0.39, 0.29) is 0 Å². The fourth-order valence-electron chi connectivity index (χ4n) is 2.57. The van der Waals surface area contributed by atoms with E-state index >= 15 is 0 Å². The van der Waals surface area contributed by atoms with Crippen molar-refractivity contribution in [2.45, 2.75) is 19.3 Å². The maximum Gasteiger partial charge on any atom is 0.0458 e. The first kappa shape index (κ1) is 9.29. The lowest BCUT2D eigenvalue weighted by molar-refractivity contribution is 0.505. The van der Waals surface area contributed by atoms with Gasteiger partial charge in [0.25, 0.3) is 0 Å². The number of benzene rings is 1. The van der Waals surface area contributed by atoms with Crippen LogP contribution in [0.25, 0.3) is 10.9 Å². The molecule has 3 rings (SSSR count). The van der Waals surface area contributed by atoms with Crippen molar-refractivity contribution in [2.75, 3.05) is 5.88 Å². The molecule has 78 valence electrons. The second kappa shape index (κ2) is 3.57. The summed E-state index contributed by atoms with van der Waals surface area (Å²) in [5.74, 6) is 1.46. The SMILES string of the molecule is ClCC1CCc2[nH]c3ccccc3c2C1. The number of rotatable bonds is 1. The molecule has 1 aliphatic carbocycles. The average Bonchev–Trinajstić information content (AvgIpc) is 2.66. The van der Waals surface area contributed by atoms with Crippen LogP contribution in [0.4, 0.5) is 0 Å². The lowest BCUT2D eigenvalue weighted by Gasteiger charge is -2.19. The van der Waals surface area contributed by atoms with E-state index in [1.54, 1.807) is 0 Å². The van der Waals surface area contributed by atoms with Crippen LogP contribution in [0.5, 0.6) is 0 Å². The molecule has 1 aromatic carbocycles. The van der Waals surface area contributed by atoms with Gasteiger partial charge in [0.05, 0.1) is 0 Å². The van der Waals surface area contributed by atoms with Gasteiger partial charge < -0.3 is 4.98 Å². The predicted molar refractivity (Wildman–Crippen MR) is 64.5 cm³/mol. The Balaban J connectivity index is 2.14. The molecule has 15 heavy (non-hydrogen) atoms. The van der Waals surface area contributed by atoms with Crippen LogP contribution in [0, 0.1) is 5.92 Å². The maximum atomic E-state index is 5.95. The second-order valence-corrected chi connectivity index (χ2v) is 4.70. The van der Waals surface area contributed by atoms with Crippen LogP contribution in [-0.2, 0) is 12.8 Å². The van der Waals surface area contributed by atoms with Crippen molar-refractivity contribution in [3.8, 4) is 0 Å². The smallest absolute Gasteiger partial charge is 0.0458 e. The highest BCUT2D eigenvalue weighted by atomic mass is 35.5. The van der Waals surface area contributed by atoms with E-state index in [2.05, 4.69) is 29.2 Å². The Morgan fingerprint density at radius 1 is 1.33 bits per heavy atom. The molecule has 0 amide bonds. The molecule has 1 N–H and O–H groups in total. The Bertz CT molecular complexity index is 486. The minimum Gasteiger partial charge on any atom is -0.358 e. The van der Waals surface area contributed by atoms with Gasteiger partial charge in [0.15, 0.2) is 0 Å². The number of nitrogens with one attached hydrogen (secondary N) is 1. The molecule has 0 bridgehead atoms. The lowest BCUT2D eigenvalue weighted by atomic mass is 9.87. The van der Waals surface area contributed by atoms with Crippen molar-refractivity contribution in [1.82, 2.24) is 4.98 Å². The van der Waals surface area contributed by atoms with E-state index in [0.717, 1.165) is 18.7 Å². The molecule has 1 aromatic heterocycles. The summed E-state index contributed by atoms with van der Waals surface area (Å²) in [6.07, 6.45) is 3.52.